The Morgan fingerprint density at radius 3 is 1.57 bits per heavy atom. The van der Waals surface area contributed by atoms with Crippen LogP contribution in [-0.4, -0.2) is 9.13 Å². The summed E-state index contributed by atoms with van der Waals surface area (Å²) in [7, 11) is 4.41. The molecule has 3 nitrogen and oxygen atoms in total. The average Bonchev–Trinajstić information content (AvgIpc) is 4.03. The molecule has 14 rings (SSSR count). The summed E-state index contributed by atoms with van der Waals surface area (Å²) < 4.78 is 4.72. The number of rotatable bonds is 9. The fourth-order valence-corrected chi connectivity index (χ4v) is 12.8. The number of aryl methyl sites for hydroxylation is 2. The normalized spacial score (nSPS) is 12.9. The zero-order valence-corrected chi connectivity index (χ0v) is 40.4. The predicted molar refractivity (Wildman–Crippen MR) is 302 cm³/mol. The zero-order chi connectivity index (χ0) is 47.9. The zero-order valence-electron chi connectivity index (χ0n) is 40.4. The molecule has 0 spiro atoms. The van der Waals surface area contributed by atoms with E-state index in [0.717, 1.165) is 23.5 Å². The molecular formula is C69H51N3. The molecule has 0 amide bonds. The van der Waals surface area contributed by atoms with Crippen LogP contribution in [0.3, 0.4) is 0 Å². The first-order chi connectivity index (χ1) is 35.6. The van der Waals surface area contributed by atoms with Crippen molar-refractivity contribution in [1.82, 2.24) is 9.13 Å². The van der Waals surface area contributed by atoms with Gasteiger partial charge in [0.1, 0.15) is 0 Å². The van der Waals surface area contributed by atoms with E-state index in [1.807, 2.05) is 0 Å². The van der Waals surface area contributed by atoms with Gasteiger partial charge in [0.15, 0.2) is 0 Å². The summed E-state index contributed by atoms with van der Waals surface area (Å²) in [5, 5.41) is 7.40. The molecule has 0 atom stereocenters. The minimum Gasteiger partial charge on any atom is -0.344 e. The lowest BCUT2D eigenvalue weighted by atomic mass is 9.67. The first kappa shape index (κ1) is 42.0. The molecule has 1 aliphatic carbocycles. The second kappa shape index (κ2) is 16.6. The number of nitrogens with zero attached hydrogens (tertiary/aromatic N) is 3. The highest BCUT2D eigenvalue weighted by Gasteiger charge is 2.48. The Kier molecular flexibility index (Phi) is 9.69. The number of aromatic nitrogens is 2. The van der Waals surface area contributed by atoms with Crippen LogP contribution in [0.1, 0.15) is 44.9 Å². The first-order valence-electron chi connectivity index (χ1n) is 25.2. The van der Waals surface area contributed by atoms with Crippen LogP contribution in [0.4, 0.5) is 17.1 Å². The molecule has 3 heteroatoms. The molecule has 11 aromatic carbocycles. The fourth-order valence-electron chi connectivity index (χ4n) is 12.8. The topological polar surface area (TPSA) is 13.1 Å². The third-order valence-corrected chi connectivity index (χ3v) is 16.0. The number of hydrogen-bond donors (Lipinski definition) is 0. The Morgan fingerprint density at radius 1 is 0.389 bits per heavy atom. The molecule has 0 bridgehead atoms. The van der Waals surface area contributed by atoms with E-state index >= 15 is 0 Å². The van der Waals surface area contributed by atoms with E-state index in [1.54, 1.807) is 0 Å². The molecule has 72 heavy (non-hydrogen) atoms. The minimum absolute atomic E-state index is 0.189. The number of benzene rings is 11. The van der Waals surface area contributed by atoms with Crippen LogP contribution in [0.5, 0.6) is 0 Å². The van der Waals surface area contributed by atoms with Gasteiger partial charge in [-0.25, -0.2) is 0 Å². The third kappa shape index (κ3) is 6.23. The van der Waals surface area contributed by atoms with Crippen molar-refractivity contribution in [2.24, 2.45) is 14.1 Å². The van der Waals surface area contributed by atoms with E-state index in [4.69, 9.17) is 0 Å². The van der Waals surface area contributed by atoms with E-state index in [0.29, 0.717) is 0 Å². The highest BCUT2D eigenvalue weighted by Crippen LogP contribution is 2.60. The molecule has 0 radical (unpaired) electrons. The SMILES string of the molecule is Cn1c2ccccc2c2cc(N(c3cc4c(c5ccccc35)-c3ccc(CC(c5ccccc5)c5ccccc5)cc3C4(c3ccccc3)c3ccccc3)c3cccc4c5ccccc5n(C)c34)ccc21. The number of para-hydroxylation sites is 3. The summed E-state index contributed by atoms with van der Waals surface area (Å²) in [6.45, 7) is 0. The number of fused-ring (bicyclic) bond motifs is 11. The maximum absolute atomic E-state index is 2.57. The molecule has 13 aromatic rings. The van der Waals surface area contributed by atoms with Gasteiger partial charge >= 0.3 is 0 Å². The molecule has 0 saturated carbocycles. The third-order valence-electron chi connectivity index (χ3n) is 16.0. The van der Waals surface area contributed by atoms with Crippen molar-refractivity contribution in [2.45, 2.75) is 17.8 Å². The monoisotopic (exact) mass is 921 g/mol. The average molecular weight is 922 g/mol. The molecule has 2 heterocycles. The lowest BCUT2D eigenvalue weighted by Gasteiger charge is -2.36. The molecule has 0 saturated heterocycles. The Balaban J connectivity index is 1.08. The van der Waals surface area contributed by atoms with E-state index < -0.39 is 5.41 Å². The highest BCUT2D eigenvalue weighted by atomic mass is 15.2. The molecule has 0 aliphatic heterocycles. The summed E-state index contributed by atoms with van der Waals surface area (Å²) in [5.74, 6) is 0.189. The van der Waals surface area contributed by atoms with Gasteiger partial charge in [-0.2, -0.15) is 0 Å². The number of hydrogen-bond acceptors (Lipinski definition) is 1. The highest BCUT2D eigenvalue weighted by molar-refractivity contribution is 6.17. The Hall–Kier alpha value is -8.92. The van der Waals surface area contributed by atoms with Crippen molar-refractivity contribution in [3.63, 3.8) is 0 Å². The quantitative estimate of drug-likeness (QED) is 0.141. The second-order valence-corrected chi connectivity index (χ2v) is 19.7. The van der Waals surface area contributed by atoms with Crippen LogP contribution < -0.4 is 4.90 Å². The molecule has 0 fully saturated rings. The Morgan fingerprint density at radius 2 is 0.917 bits per heavy atom. The standard InChI is InChI=1S/C69H51N3/c1-70-62-35-19-18-32-54(62)59-44-51(39-41-64(59)70)72(65-37-21-34-56-53-31-17-20-36-63(53)71(2)68(56)65)66-45-61-67(55-33-16-15-30-52(55)66)57-40-38-46(42-58(47-22-7-3-8-23-47)48-24-9-4-10-25-48)43-60(57)69(61,49-26-11-5-12-27-49)50-28-13-6-14-29-50/h3-41,43-45,58H,42H2,1-2H3. The predicted octanol–water partition coefficient (Wildman–Crippen LogP) is 17.3. The second-order valence-electron chi connectivity index (χ2n) is 19.7. The van der Waals surface area contributed by atoms with Crippen LogP contribution in [0, 0.1) is 0 Å². The van der Waals surface area contributed by atoms with Gasteiger partial charge in [0.2, 0.25) is 0 Å². The minimum atomic E-state index is -0.659. The lowest BCUT2D eigenvalue weighted by molar-refractivity contribution is 0.760. The van der Waals surface area contributed by atoms with Crippen molar-refractivity contribution in [3.05, 3.63) is 294 Å². The van der Waals surface area contributed by atoms with Gasteiger partial charge in [-0.05, 0) is 104 Å². The summed E-state index contributed by atoms with van der Waals surface area (Å²) >= 11 is 0. The van der Waals surface area contributed by atoms with Gasteiger partial charge < -0.3 is 14.0 Å². The van der Waals surface area contributed by atoms with Gasteiger partial charge in [-0.3, -0.25) is 0 Å². The molecule has 2 aromatic heterocycles. The molecule has 342 valence electrons. The summed E-state index contributed by atoms with van der Waals surface area (Å²) in [6, 6.07) is 95.4. The molecule has 0 unspecified atom stereocenters. The maximum atomic E-state index is 2.57. The van der Waals surface area contributed by atoms with Crippen LogP contribution in [0.15, 0.2) is 255 Å². The van der Waals surface area contributed by atoms with Crippen LogP contribution >= 0.6 is 0 Å². The summed E-state index contributed by atoms with van der Waals surface area (Å²) in [5.41, 5.74) is 19.2. The molecule has 1 aliphatic rings. The van der Waals surface area contributed by atoms with E-state index in [2.05, 4.69) is 283 Å². The van der Waals surface area contributed by atoms with Gasteiger partial charge in [-0.15, -0.1) is 0 Å². The Bertz CT molecular complexity index is 4130. The fraction of sp³-hybridized carbons (Fsp3) is 0.0725. The van der Waals surface area contributed by atoms with Gasteiger partial charge in [0.25, 0.3) is 0 Å². The van der Waals surface area contributed by atoms with Crippen LogP contribution in [-0.2, 0) is 25.9 Å². The van der Waals surface area contributed by atoms with Gasteiger partial charge in [0, 0.05) is 69.2 Å². The smallest absolute Gasteiger partial charge is 0.0733 e. The maximum Gasteiger partial charge on any atom is 0.0733 e. The van der Waals surface area contributed by atoms with E-state index in [9.17, 15) is 0 Å². The van der Waals surface area contributed by atoms with Crippen molar-refractivity contribution in [3.8, 4) is 11.1 Å². The molecule has 0 N–H and O–H groups in total. The van der Waals surface area contributed by atoms with Crippen LogP contribution in [0.2, 0.25) is 0 Å². The van der Waals surface area contributed by atoms with Crippen LogP contribution in [0.25, 0.3) is 65.5 Å². The van der Waals surface area contributed by atoms with Crippen molar-refractivity contribution in [2.75, 3.05) is 4.90 Å². The summed E-state index contributed by atoms with van der Waals surface area (Å²) in [4.78, 5) is 2.57. The van der Waals surface area contributed by atoms with E-state index in [-0.39, 0.29) is 5.92 Å². The molecular weight excluding hydrogens is 871 g/mol. The Labute approximate surface area is 420 Å². The lowest BCUT2D eigenvalue weighted by Crippen LogP contribution is -2.29. The summed E-state index contributed by atoms with van der Waals surface area (Å²) in [6.07, 6.45) is 0.864. The van der Waals surface area contributed by atoms with Gasteiger partial charge in [0.05, 0.1) is 22.3 Å². The van der Waals surface area contributed by atoms with Crippen molar-refractivity contribution >= 4 is 71.4 Å². The van der Waals surface area contributed by atoms with Crippen molar-refractivity contribution < 1.29 is 0 Å². The first-order valence-corrected chi connectivity index (χ1v) is 25.2. The van der Waals surface area contributed by atoms with Gasteiger partial charge in [-0.1, -0.05) is 212 Å². The number of anilines is 3. The largest absolute Gasteiger partial charge is 0.344 e. The van der Waals surface area contributed by atoms with E-state index in [1.165, 1.54) is 104 Å². The van der Waals surface area contributed by atoms with Crippen molar-refractivity contribution in [1.29, 1.82) is 0 Å².